The van der Waals surface area contributed by atoms with Gasteiger partial charge in [0.1, 0.15) is 0 Å². The van der Waals surface area contributed by atoms with Crippen LogP contribution < -0.4 is 5.32 Å². The molecule has 486 valence electrons. The summed E-state index contributed by atoms with van der Waals surface area (Å²) in [6, 6.07) is -0.622. The highest BCUT2D eigenvalue weighted by atomic mass is 16.5. The zero-order valence-electron chi connectivity index (χ0n) is 55.8. The molecule has 6 heteroatoms. The Labute approximate surface area is 513 Å². The number of esters is 1. The van der Waals surface area contributed by atoms with E-state index in [0.29, 0.717) is 19.4 Å². The summed E-state index contributed by atoms with van der Waals surface area (Å²) >= 11 is 0. The molecule has 0 aliphatic heterocycles. The van der Waals surface area contributed by atoms with Gasteiger partial charge in [-0.25, -0.2) is 0 Å². The van der Waals surface area contributed by atoms with E-state index in [0.717, 1.165) is 38.5 Å². The van der Waals surface area contributed by atoms with Gasteiger partial charge in [-0.05, 0) is 57.8 Å². The van der Waals surface area contributed by atoms with Gasteiger partial charge in [0.2, 0.25) is 5.91 Å². The van der Waals surface area contributed by atoms with Crippen molar-refractivity contribution in [3.63, 3.8) is 0 Å². The molecule has 0 rings (SSSR count). The van der Waals surface area contributed by atoms with Crippen LogP contribution >= 0.6 is 0 Å². The number of amides is 1. The summed E-state index contributed by atoms with van der Waals surface area (Å²) in [6.45, 7) is 4.93. The topological polar surface area (TPSA) is 95.9 Å². The summed E-state index contributed by atoms with van der Waals surface area (Å²) in [6.07, 6.45) is 91.5. The molecule has 0 aromatic carbocycles. The lowest BCUT2D eigenvalue weighted by atomic mass is 10.0. The summed E-state index contributed by atoms with van der Waals surface area (Å²) in [4.78, 5) is 24.6. The van der Waals surface area contributed by atoms with E-state index < -0.39 is 12.1 Å². The van der Waals surface area contributed by atoms with Crippen LogP contribution in [0.1, 0.15) is 425 Å². The SMILES string of the molecule is CCCCCCCCC/C=C\CCCCCCCCCC(=O)OCCCCCCCCCCCCCCCCCCCCCCCCCCCCCCCCCCCCCC(=O)NC(CO)C(O)/C=C/CCCCCCCCCCCC. The first kappa shape index (κ1) is 80.3. The first-order chi connectivity index (χ1) is 40.5. The molecule has 1 amide bonds. The van der Waals surface area contributed by atoms with E-state index in [1.54, 1.807) is 6.08 Å². The molecule has 2 atom stereocenters. The number of nitrogens with one attached hydrogen (secondary N) is 1. The molecule has 0 spiro atoms. The summed E-state index contributed by atoms with van der Waals surface area (Å²) in [7, 11) is 0. The number of rotatable bonds is 71. The van der Waals surface area contributed by atoms with Crippen LogP contribution in [0.2, 0.25) is 0 Å². The number of aliphatic hydroxyl groups excluding tert-OH is 2. The molecular formula is C76H147NO5. The van der Waals surface area contributed by atoms with Crippen LogP contribution in [0.5, 0.6) is 0 Å². The van der Waals surface area contributed by atoms with Crippen LogP contribution in [0.3, 0.4) is 0 Å². The highest BCUT2D eigenvalue weighted by molar-refractivity contribution is 5.76. The highest BCUT2D eigenvalue weighted by Gasteiger charge is 2.18. The lowest BCUT2D eigenvalue weighted by Gasteiger charge is -2.20. The van der Waals surface area contributed by atoms with E-state index in [9.17, 15) is 19.8 Å². The second-order valence-electron chi connectivity index (χ2n) is 26.0. The van der Waals surface area contributed by atoms with Crippen molar-refractivity contribution in [2.45, 2.75) is 437 Å². The third kappa shape index (κ3) is 67.5. The second-order valence-corrected chi connectivity index (χ2v) is 26.0. The largest absolute Gasteiger partial charge is 0.466 e. The first-order valence-corrected chi connectivity index (χ1v) is 37.6. The number of hydrogen-bond donors (Lipinski definition) is 3. The van der Waals surface area contributed by atoms with Crippen LogP contribution in [0.25, 0.3) is 0 Å². The van der Waals surface area contributed by atoms with Crippen LogP contribution in [0, 0.1) is 0 Å². The maximum absolute atomic E-state index is 12.5. The predicted molar refractivity (Wildman–Crippen MR) is 361 cm³/mol. The molecule has 2 unspecified atom stereocenters. The fourth-order valence-corrected chi connectivity index (χ4v) is 12.0. The number of carbonyl (C=O) groups is 2. The standard InChI is InChI=1S/C76H147NO5/c1-3-5-7-9-11-13-15-17-18-19-40-43-46-50-54-58-62-66-70-76(81)82-71-67-63-59-55-51-47-44-41-38-36-34-32-30-28-26-24-22-20-21-23-25-27-29-31-33-35-37-39-42-45-49-53-57-61-65-69-75(80)77-73(72-78)74(79)68-64-60-56-52-48-16-14-12-10-8-6-4-2/h18-19,64,68,73-74,78-79H,3-17,20-63,65-67,69-72H2,1-2H3,(H,77,80)/b19-18-,68-64+. The Hall–Kier alpha value is -1.66. The van der Waals surface area contributed by atoms with Crippen molar-refractivity contribution < 1.29 is 24.5 Å². The van der Waals surface area contributed by atoms with Crippen molar-refractivity contribution in [1.82, 2.24) is 5.32 Å². The Bertz CT molecular complexity index is 1280. The van der Waals surface area contributed by atoms with Gasteiger partial charge in [-0.1, -0.05) is 378 Å². The molecule has 0 saturated heterocycles. The number of ether oxygens (including phenoxy) is 1. The van der Waals surface area contributed by atoms with Crippen LogP contribution in [0.4, 0.5) is 0 Å². The molecule has 6 nitrogen and oxygen atoms in total. The fourth-order valence-electron chi connectivity index (χ4n) is 12.0. The third-order valence-electron chi connectivity index (χ3n) is 17.7. The number of unbranched alkanes of at least 4 members (excludes halogenated alkanes) is 58. The van der Waals surface area contributed by atoms with Gasteiger partial charge in [0.25, 0.3) is 0 Å². The van der Waals surface area contributed by atoms with Gasteiger partial charge in [0.15, 0.2) is 0 Å². The molecule has 0 bridgehead atoms. The quantitative estimate of drug-likeness (QED) is 0.0320. The Balaban J connectivity index is 3.29. The maximum atomic E-state index is 12.5. The summed E-state index contributed by atoms with van der Waals surface area (Å²) < 4.78 is 5.51. The van der Waals surface area contributed by atoms with E-state index in [4.69, 9.17) is 4.74 Å². The zero-order chi connectivity index (χ0) is 59.2. The molecule has 0 saturated carbocycles. The minimum atomic E-state index is -0.839. The van der Waals surface area contributed by atoms with Crippen molar-refractivity contribution in [1.29, 1.82) is 0 Å². The predicted octanol–water partition coefficient (Wildman–Crippen LogP) is 24.5. The van der Waals surface area contributed by atoms with E-state index in [-0.39, 0.29) is 18.5 Å². The summed E-state index contributed by atoms with van der Waals surface area (Å²) in [5.41, 5.74) is 0. The Morgan fingerprint density at radius 2 is 0.573 bits per heavy atom. The van der Waals surface area contributed by atoms with Crippen molar-refractivity contribution >= 4 is 11.9 Å². The fraction of sp³-hybridized carbons (Fsp3) is 0.921. The molecule has 0 radical (unpaired) electrons. The molecule has 3 N–H and O–H groups in total. The molecule has 0 aromatic rings. The molecular weight excluding hydrogens is 1010 g/mol. The number of allylic oxidation sites excluding steroid dienone is 3. The molecule has 82 heavy (non-hydrogen) atoms. The number of hydrogen-bond acceptors (Lipinski definition) is 5. The van der Waals surface area contributed by atoms with Gasteiger partial charge < -0.3 is 20.3 Å². The van der Waals surface area contributed by atoms with E-state index in [2.05, 4.69) is 31.3 Å². The molecule has 0 heterocycles. The van der Waals surface area contributed by atoms with Crippen molar-refractivity contribution in [2.24, 2.45) is 0 Å². The summed E-state index contributed by atoms with van der Waals surface area (Å²) in [5.74, 6) is -0.0411. The van der Waals surface area contributed by atoms with Gasteiger partial charge in [-0.2, -0.15) is 0 Å². The second kappa shape index (κ2) is 71.8. The Kier molecular flexibility index (Phi) is 70.4. The monoisotopic (exact) mass is 1150 g/mol. The lowest BCUT2D eigenvalue weighted by molar-refractivity contribution is -0.143. The van der Waals surface area contributed by atoms with E-state index in [1.165, 1.54) is 360 Å². The van der Waals surface area contributed by atoms with Gasteiger partial charge >= 0.3 is 5.97 Å². The zero-order valence-corrected chi connectivity index (χ0v) is 55.8. The lowest BCUT2D eigenvalue weighted by Crippen LogP contribution is -2.45. The minimum Gasteiger partial charge on any atom is -0.466 e. The van der Waals surface area contributed by atoms with Gasteiger partial charge in [-0.3, -0.25) is 9.59 Å². The molecule has 0 aromatic heterocycles. The average Bonchev–Trinajstić information content (AvgIpc) is 3.48. The highest BCUT2D eigenvalue weighted by Crippen LogP contribution is 2.19. The normalized spacial score (nSPS) is 12.6. The van der Waals surface area contributed by atoms with Gasteiger partial charge in [-0.15, -0.1) is 0 Å². The van der Waals surface area contributed by atoms with Crippen molar-refractivity contribution in [3.8, 4) is 0 Å². The number of aliphatic hydroxyl groups is 2. The smallest absolute Gasteiger partial charge is 0.305 e. The molecule has 0 fully saturated rings. The summed E-state index contributed by atoms with van der Waals surface area (Å²) in [5, 5.41) is 23.1. The van der Waals surface area contributed by atoms with Crippen molar-refractivity contribution in [3.05, 3.63) is 24.3 Å². The minimum absolute atomic E-state index is 0.0202. The Morgan fingerprint density at radius 3 is 0.866 bits per heavy atom. The van der Waals surface area contributed by atoms with E-state index in [1.807, 2.05) is 6.08 Å². The molecule has 0 aliphatic carbocycles. The van der Waals surface area contributed by atoms with Crippen molar-refractivity contribution in [2.75, 3.05) is 13.2 Å². The van der Waals surface area contributed by atoms with Crippen LogP contribution in [-0.4, -0.2) is 47.4 Å². The van der Waals surface area contributed by atoms with Crippen LogP contribution in [0.15, 0.2) is 24.3 Å². The average molecular weight is 1160 g/mol. The Morgan fingerprint density at radius 1 is 0.329 bits per heavy atom. The maximum Gasteiger partial charge on any atom is 0.305 e. The van der Waals surface area contributed by atoms with Gasteiger partial charge in [0, 0.05) is 12.8 Å². The van der Waals surface area contributed by atoms with Crippen LogP contribution in [-0.2, 0) is 14.3 Å². The van der Waals surface area contributed by atoms with E-state index >= 15 is 0 Å². The number of carbonyl (C=O) groups excluding carboxylic acids is 2. The first-order valence-electron chi connectivity index (χ1n) is 37.6. The van der Waals surface area contributed by atoms with Gasteiger partial charge in [0.05, 0.1) is 25.4 Å². The third-order valence-corrected chi connectivity index (χ3v) is 17.7. The molecule has 0 aliphatic rings.